The lowest BCUT2D eigenvalue weighted by atomic mass is 9.86. The van der Waals surface area contributed by atoms with Crippen LogP contribution in [0.25, 0.3) is 33.1 Å². The van der Waals surface area contributed by atoms with Crippen LogP contribution in [0.5, 0.6) is 0 Å². The fourth-order valence-corrected chi connectivity index (χ4v) is 5.11. The molecule has 0 radical (unpaired) electrons. The van der Waals surface area contributed by atoms with E-state index in [0.717, 1.165) is 36.8 Å². The predicted octanol–water partition coefficient (Wildman–Crippen LogP) is 3.52. The van der Waals surface area contributed by atoms with Crippen molar-refractivity contribution in [3.8, 4) is 17.2 Å². The average Bonchev–Trinajstić information content (AvgIpc) is 3.22. The maximum atomic E-state index is 15.2. The van der Waals surface area contributed by atoms with Crippen LogP contribution in [0, 0.1) is 23.0 Å². The number of piperazine rings is 1. The molecule has 5 heterocycles. The van der Waals surface area contributed by atoms with Crippen LogP contribution in [0.1, 0.15) is 12.0 Å². The smallest absolute Gasteiger partial charge is 0.169 e. The number of aromatic amines is 1. The van der Waals surface area contributed by atoms with Gasteiger partial charge < -0.3 is 20.5 Å². The first kappa shape index (κ1) is 19.0. The summed E-state index contributed by atoms with van der Waals surface area (Å²) in [7, 11) is 1.67. The molecule has 2 fully saturated rings. The van der Waals surface area contributed by atoms with Crippen LogP contribution >= 0.6 is 0 Å². The van der Waals surface area contributed by atoms with Gasteiger partial charge in [0, 0.05) is 68.0 Å². The molecule has 2 atom stereocenters. The standard InChI is InChI=1S/C23H19F2N7/c1-27-17-4-16(24)20(25)18-19-22(32-13-3-14(32)9-29-8-13)15(10-30-23(19)31-21(17)18)12-2-11(5-26)6-28-7-12/h2,4,6-7,10,13-14,27,29H,3,8-9H2,1H3,(H,30,31). The van der Waals surface area contributed by atoms with Crippen LogP contribution in [0.15, 0.2) is 30.7 Å². The maximum absolute atomic E-state index is 15.2. The second kappa shape index (κ2) is 6.87. The van der Waals surface area contributed by atoms with Crippen molar-refractivity contribution in [2.24, 2.45) is 0 Å². The number of hydrogen-bond acceptors (Lipinski definition) is 6. The van der Waals surface area contributed by atoms with E-state index in [1.54, 1.807) is 25.5 Å². The van der Waals surface area contributed by atoms with Gasteiger partial charge in [0.05, 0.1) is 33.2 Å². The van der Waals surface area contributed by atoms with E-state index in [9.17, 15) is 9.65 Å². The van der Waals surface area contributed by atoms with Gasteiger partial charge in [0.15, 0.2) is 11.6 Å². The van der Waals surface area contributed by atoms with Crippen molar-refractivity contribution >= 4 is 33.3 Å². The van der Waals surface area contributed by atoms with Crippen LogP contribution < -0.4 is 15.5 Å². The Bertz CT molecular complexity index is 1420. The van der Waals surface area contributed by atoms with E-state index in [4.69, 9.17) is 0 Å². The zero-order chi connectivity index (χ0) is 22.0. The molecule has 6 rings (SSSR count). The molecule has 0 saturated carbocycles. The van der Waals surface area contributed by atoms with E-state index < -0.39 is 11.6 Å². The number of piperidine rings is 1. The Balaban J connectivity index is 1.74. The fraction of sp³-hybridized carbons (Fsp3) is 0.261. The molecule has 0 amide bonds. The van der Waals surface area contributed by atoms with Crippen molar-refractivity contribution < 1.29 is 8.78 Å². The lowest BCUT2D eigenvalue weighted by molar-refractivity contribution is 0.264. The minimum atomic E-state index is -0.919. The number of nitrogens with zero attached hydrogens (tertiary/aromatic N) is 4. The Morgan fingerprint density at radius 2 is 1.97 bits per heavy atom. The van der Waals surface area contributed by atoms with Gasteiger partial charge >= 0.3 is 0 Å². The summed E-state index contributed by atoms with van der Waals surface area (Å²) in [6, 6.07) is 5.51. The molecule has 3 aromatic heterocycles. The molecule has 2 saturated heterocycles. The molecule has 7 nitrogen and oxygen atoms in total. The van der Waals surface area contributed by atoms with E-state index >= 15 is 4.39 Å². The second-order valence-electron chi connectivity index (χ2n) is 8.27. The number of fused-ring (bicyclic) bond motifs is 5. The molecule has 9 heteroatoms. The predicted molar refractivity (Wildman–Crippen MR) is 119 cm³/mol. The summed E-state index contributed by atoms with van der Waals surface area (Å²) in [6.45, 7) is 1.63. The van der Waals surface area contributed by atoms with Gasteiger partial charge in [0.1, 0.15) is 11.7 Å². The lowest BCUT2D eigenvalue weighted by Gasteiger charge is -2.55. The average molecular weight is 431 g/mol. The van der Waals surface area contributed by atoms with Crippen LogP contribution in [-0.2, 0) is 0 Å². The van der Waals surface area contributed by atoms with Gasteiger partial charge in [0.25, 0.3) is 0 Å². The third-order valence-corrected chi connectivity index (χ3v) is 6.56. The number of anilines is 2. The van der Waals surface area contributed by atoms with Crippen molar-refractivity contribution in [1.29, 1.82) is 5.26 Å². The number of nitriles is 1. The Morgan fingerprint density at radius 3 is 2.69 bits per heavy atom. The van der Waals surface area contributed by atoms with Crippen molar-refractivity contribution in [3.63, 3.8) is 0 Å². The summed E-state index contributed by atoms with van der Waals surface area (Å²) < 4.78 is 29.8. The summed E-state index contributed by atoms with van der Waals surface area (Å²) in [5.74, 6) is -1.82. The van der Waals surface area contributed by atoms with Crippen molar-refractivity contribution in [1.82, 2.24) is 20.3 Å². The fourth-order valence-electron chi connectivity index (χ4n) is 5.11. The first-order chi connectivity index (χ1) is 15.6. The third kappa shape index (κ3) is 2.53. The van der Waals surface area contributed by atoms with Crippen LogP contribution in [-0.4, -0.2) is 47.2 Å². The van der Waals surface area contributed by atoms with E-state index in [-0.39, 0.29) is 17.5 Å². The first-order valence-electron chi connectivity index (χ1n) is 10.5. The normalized spacial score (nSPS) is 19.8. The summed E-state index contributed by atoms with van der Waals surface area (Å²) in [6.07, 6.45) is 5.93. The quantitative estimate of drug-likeness (QED) is 0.460. The Labute approximate surface area is 182 Å². The van der Waals surface area contributed by atoms with Crippen LogP contribution in [0.3, 0.4) is 0 Å². The summed E-state index contributed by atoms with van der Waals surface area (Å²) in [5, 5.41) is 16.4. The van der Waals surface area contributed by atoms with E-state index in [0.29, 0.717) is 33.4 Å². The highest BCUT2D eigenvalue weighted by Crippen LogP contribution is 2.47. The number of aromatic nitrogens is 3. The number of H-pyrrole nitrogens is 1. The molecular weight excluding hydrogens is 412 g/mol. The highest BCUT2D eigenvalue weighted by Gasteiger charge is 2.43. The minimum absolute atomic E-state index is 0.177. The van der Waals surface area contributed by atoms with Gasteiger partial charge in [-0.25, -0.2) is 13.8 Å². The van der Waals surface area contributed by atoms with Gasteiger partial charge in [-0.2, -0.15) is 5.26 Å². The van der Waals surface area contributed by atoms with Gasteiger partial charge in [-0.3, -0.25) is 4.98 Å². The Hall–Kier alpha value is -3.77. The van der Waals surface area contributed by atoms with Gasteiger partial charge in [-0.1, -0.05) is 0 Å². The van der Waals surface area contributed by atoms with Crippen molar-refractivity contribution in [3.05, 3.63) is 47.9 Å². The highest BCUT2D eigenvalue weighted by molar-refractivity contribution is 6.18. The third-order valence-electron chi connectivity index (χ3n) is 6.56. The maximum Gasteiger partial charge on any atom is 0.169 e. The lowest BCUT2D eigenvalue weighted by Crippen LogP contribution is -2.68. The molecule has 2 bridgehead atoms. The Kier molecular flexibility index (Phi) is 4.07. The molecule has 3 N–H and O–H groups in total. The first-order valence-corrected chi connectivity index (χ1v) is 10.5. The van der Waals surface area contributed by atoms with Crippen molar-refractivity contribution in [2.75, 3.05) is 30.4 Å². The number of benzene rings is 1. The minimum Gasteiger partial charge on any atom is -0.386 e. The number of halogens is 2. The van der Waals surface area contributed by atoms with Crippen molar-refractivity contribution in [2.45, 2.75) is 18.5 Å². The molecule has 0 aliphatic carbocycles. The molecule has 4 aromatic rings. The molecule has 2 aliphatic heterocycles. The molecular formula is C23H19F2N7. The number of pyridine rings is 2. The molecule has 160 valence electrons. The van der Waals surface area contributed by atoms with Gasteiger partial charge in [-0.05, 0) is 12.5 Å². The zero-order valence-corrected chi connectivity index (χ0v) is 17.2. The SMILES string of the molecule is CNc1cc(F)c(F)c2c1[nH]c1ncc(-c3cncc(C#N)c3)c(N3C4CNCC3C4)c12. The number of hydrogen-bond donors (Lipinski definition) is 3. The molecule has 2 aliphatic rings. The molecule has 0 spiro atoms. The number of nitrogens with one attached hydrogen (secondary N) is 3. The number of rotatable bonds is 3. The second-order valence-corrected chi connectivity index (χ2v) is 8.27. The van der Waals surface area contributed by atoms with E-state index in [1.165, 1.54) is 6.20 Å². The largest absolute Gasteiger partial charge is 0.386 e. The van der Waals surface area contributed by atoms with E-state index in [1.807, 2.05) is 0 Å². The summed E-state index contributed by atoms with van der Waals surface area (Å²) >= 11 is 0. The summed E-state index contributed by atoms with van der Waals surface area (Å²) in [4.78, 5) is 14.2. The molecule has 32 heavy (non-hydrogen) atoms. The highest BCUT2D eigenvalue weighted by atomic mass is 19.2. The monoisotopic (exact) mass is 431 g/mol. The van der Waals surface area contributed by atoms with E-state index in [2.05, 4.69) is 36.6 Å². The van der Waals surface area contributed by atoms with Crippen LogP contribution in [0.2, 0.25) is 0 Å². The van der Waals surface area contributed by atoms with Gasteiger partial charge in [0.2, 0.25) is 0 Å². The molecule has 2 unspecified atom stereocenters. The molecule has 1 aromatic carbocycles. The summed E-state index contributed by atoms with van der Waals surface area (Å²) in [5.41, 5.74) is 4.10. The van der Waals surface area contributed by atoms with Gasteiger partial charge in [-0.15, -0.1) is 0 Å². The van der Waals surface area contributed by atoms with Crippen LogP contribution in [0.4, 0.5) is 20.2 Å². The zero-order valence-electron chi connectivity index (χ0n) is 17.2. The topological polar surface area (TPSA) is 92.7 Å². The Morgan fingerprint density at radius 1 is 1.16 bits per heavy atom.